The predicted molar refractivity (Wildman–Crippen MR) is 58.4 cm³/mol. The van der Waals surface area contributed by atoms with Crippen molar-refractivity contribution in [3.8, 4) is 5.75 Å². The zero-order valence-electron chi connectivity index (χ0n) is 9.31. The van der Waals surface area contributed by atoms with Crippen LogP contribution in [0.4, 0.5) is 4.39 Å². The van der Waals surface area contributed by atoms with E-state index in [1.165, 1.54) is 19.2 Å². The Morgan fingerprint density at radius 3 is 2.65 bits per heavy atom. The third kappa shape index (κ3) is 3.15. The average Bonchev–Trinajstić information content (AvgIpc) is 2.35. The summed E-state index contributed by atoms with van der Waals surface area (Å²) in [5.41, 5.74) is -0.248. The quantitative estimate of drug-likeness (QED) is 0.675. The van der Waals surface area contributed by atoms with E-state index in [0.29, 0.717) is 0 Å². The summed E-state index contributed by atoms with van der Waals surface area (Å²) in [6.07, 6.45) is 0. The van der Waals surface area contributed by atoms with E-state index in [-0.39, 0.29) is 11.3 Å². The van der Waals surface area contributed by atoms with E-state index < -0.39 is 31.0 Å². The highest BCUT2D eigenvalue weighted by atomic mass is 19.1. The summed E-state index contributed by atoms with van der Waals surface area (Å²) in [6, 6.07) is 3.17. The molecule has 0 aliphatic carbocycles. The summed E-state index contributed by atoms with van der Waals surface area (Å²) >= 11 is 0. The Balaban J connectivity index is 2.95. The Bertz CT molecular complexity index is 393. The normalized spacial score (nSPS) is 10.4. The van der Waals surface area contributed by atoms with Crippen molar-refractivity contribution >= 4 is 5.91 Å². The average molecular weight is 243 g/mol. The lowest BCUT2D eigenvalue weighted by Crippen LogP contribution is -2.40. The molecule has 0 aliphatic heterocycles. The monoisotopic (exact) mass is 243 g/mol. The van der Waals surface area contributed by atoms with Gasteiger partial charge in [-0.1, -0.05) is 6.07 Å². The maximum Gasteiger partial charge on any atom is 0.258 e. The van der Waals surface area contributed by atoms with Gasteiger partial charge in [0.25, 0.3) is 5.91 Å². The number of rotatable bonds is 5. The van der Waals surface area contributed by atoms with Crippen LogP contribution in [0.25, 0.3) is 0 Å². The molecule has 0 atom stereocenters. The molecule has 0 aromatic heterocycles. The minimum Gasteiger partial charge on any atom is -0.496 e. The van der Waals surface area contributed by atoms with Gasteiger partial charge in [0.1, 0.15) is 17.1 Å². The molecule has 0 saturated carbocycles. The van der Waals surface area contributed by atoms with Gasteiger partial charge in [-0.25, -0.2) is 4.39 Å². The van der Waals surface area contributed by atoms with E-state index in [0.717, 1.165) is 6.07 Å². The fraction of sp³-hybridized carbons (Fsp3) is 0.364. The Hall–Kier alpha value is -1.66. The second kappa shape index (κ2) is 6.17. The van der Waals surface area contributed by atoms with Crippen molar-refractivity contribution < 1.29 is 24.1 Å². The third-order valence-electron chi connectivity index (χ3n) is 2.20. The van der Waals surface area contributed by atoms with Gasteiger partial charge in [-0.3, -0.25) is 4.79 Å². The van der Waals surface area contributed by atoms with Crippen molar-refractivity contribution in [2.75, 3.05) is 20.3 Å². The van der Waals surface area contributed by atoms with Gasteiger partial charge in [0.2, 0.25) is 0 Å². The molecule has 1 aromatic rings. The minimum absolute atomic E-state index is 0.0946. The number of methoxy groups -OCH3 is 1. The van der Waals surface area contributed by atoms with Crippen molar-refractivity contribution in [3.05, 3.63) is 29.6 Å². The van der Waals surface area contributed by atoms with Crippen LogP contribution in [0.15, 0.2) is 18.2 Å². The molecule has 1 amide bonds. The highest BCUT2D eigenvalue weighted by Crippen LogP contribution is 2.20. The molecule has 0 radical (unpaired) electrons. The summed E-state index contributed by atoms with van der Waals surface area (Å²) in [4.78, 5) is 11.7. The molecule has 0 fully saturated rings. The number of benzene rings is 1. The zero-order valence-corrected chi connectivity index (χ0v) is 9.31. The smallest absolute Gasteiger partial charge is 0.258 e. The molecular weight excluding hydrogens is 229 g/mol. The molecule has 0 spiro atoms. The van der Waals surface area contributed by atoms with Gasteiger partial charge in [0.15, 0.2) is 0 Å². The number of aliphatic hydroxyl groups excluding tert-OH is 2. The topological polar surface area (TPSA) is 78.8 Å². The van der Waals surface area contributed by atoms with Gasteiger partial charge >= 0.3 is 0 Å². The molecule has 6 heteroatoms. The first-order chi connectivity index (χ1) is 8.13. The summed E-state index contributed by atoms with van der Waals surface area (Å²) in [5, 5.41) is 19.9. The lowest BCUT2D eigenvalue weighted by molar-refractivity contribution is 0.0872. The second-order valence-corrected chi connectivity index (χ2v) is 3.35. The SMILES string of the molecule is COc1cccc(F)c1C(=O)NC(CO)CO. The van der Waals surface area contributed by atoms with Crippen LogP contribution in [0.3, 0.4) is 0 Å². The van der Waals surface area contributed by atoms with Crippen LogP contribution in [0.1, 0.15) is 10.4 Å². The third-order valence-corrected chi connectivity index (χ3v) is 2.20. The molecule has 5 nitrogen and oxygen atoms in total. The zero-order chi connectivity index (χ0) is 12.8. The Morgan fingerprint density at radius 2 is 2.12 bits per heavy atom. The standard InChI is InChI=1S/C11H14FNO4/c1-17-9-4-2-3-8(12)10(9)11(16)13-7(5-14)6-15/h2-4,7,14-15H,5-6H2,1H3,(H,13,16). The highest BCUT2D eigenvalue weighted by molar-refractivity contribution is 5.97. The predicted octanol–water partition coefficient (Wildman–Crippen LogP) is -0.0827. The molecule has 1 aromatic carbocycles. The van der Waals surface area contributed by atoms with Crippen LogP contribution in [-0.4, -0.2) is 42.5 Å². The van der Waals surface area contributed by atoms with E-state index in [1.807, 2.05) is 0 Å². The number of amides is 1. The van der Waals surface area contributed by atoms with Gasteiger partial charge in [0, 0.05) is 0 Å². The van der Waals surface area contributed by atoms with Crippen molar-refractivity contribution in [3.63, 3.8) is 0 Å². The van der Waals surface area contributed by atoms with Gasteiger partial charge in [-0.15, -0.1) is 0 Å². The first-order valence-corrected chi connectivity index (χ1v) is 4.99. The van der Waals surface area contributed by atoms with E-state index in [9.17, 15) is 9.18 Å². The number of halogens is 1. The van der Waals surface area contributed by atoms with E-state index in [4.69, 9.17) is 14.9 Å². The van der Waals surface area contributed by atoms with E-state index in [1.54, 1.807) is 0 Å². The Kier molecular flexibility index (Phi) is 4.86. The molecule has 94 valence electrons. The van der Waals surface area contributed by atoms with Crippen molar-refractivity contribution in [2.45, 2.75) is 6.04 Å². The maximum atomic E-state index is 13.5. The lowest BCUT2D eigenvalue weighted by Gasteiger charge is -2.15. The number of carbonyl (C=O) groups excluding carboxylic acids is 1. The molecule has 17 heavy (non-hydrogen) atoms. The second-order valence-electron chi connectivity index (χ2n) is 3.35. The first kappa shape index (κ1) is 13.4. The highest BCUT2D eigenvalue weighted by Gasteiger charge is 2.19. The van der Waals surface area contributed by atoms with Crippen LogP contribution in [-0.2, 0) is 0 Å². The minimum atomic E-state index is -0.827. The number of hydrogen-bond donors (Lipinski definition) is 3. The van der Waals surface area contributed by atoms with Crippen LogP contribution >= 0.6 is 0 Å². The molecule has 3 N–H and O–H groups in total. The van der Waals surface area contributed by atoms with Crippen LogP contribution < -0.4 is 10.1 Å². The van der Waals surface area contributed by atoms with Crippen molar-refractivity contribution in [2.24, 2.45) is 0 Å². The van der Waals surface area contributed by atoms with Gasteiger partial charge < -0.3 is 20.3 Å². The molecular formula is C11H14FNO4. The maximum absolute atomic E-state index is 13.5. The number of aliphatic hydroxyl groups is 2. The number of nitrogens with one attached hydrogen (secondary N) is 1. The molecule has 0 saturated heterocycles. The largest absolute Gasteiger partial charge is 0.496 e. The summed E-state index contributed by atoms with van der Waals surface area (Å²) < 4.78 is 18.4. The lowest BCUT2D eigenvalue weighted by atomic mass is 10.1. The number of hydrogen-bond acceptors (Lipinski definition) is 4. The molecule has 0 aliphatic rings. The number of carbonyl (C=O) groups is 1. The summed E-state index contributed by atoms with van der Waals surface area (Å²) in [6.45, 7) is -0.863. The Morgan fingerprint density at radius 1 is 1.47 bits per heavy atom. The molecule has 1 rings (SSSR count). The van der Waals surface area contributed by atoms with Crippen LogP contribution in [0.5, 0.6) is 5.75 Å². The van der Waals surface area contributed by atoms with E-state index >= 15 is 0 Å². The fourth-order valence-corrected chi connectivity index (χ4v) is 1.30. The molecule has 0 unspecified atom stereocenters. The van der Waals surface area contributed by atoms with Gasteiger partial charge in [-0.2, -0.15) is 0 Å². The van der Waals surface area contributed by atoms with Crippen LogP contribution in [0.2, 0.25) is 0 Å². The van der Waals surface area contributed by atoms with Crippen LogP contribution in [0, 0.1) is 5.82 Å². The first-order valence-electron chi connectivity index (χ1n) is 4.99. The molecule has 0 bridgehead atoms. The summed E-state index contributed by atoms with van der Waals surface area (Å²) in [7, 11) is 1.32. The van der Waals surface area contributed by atoms with Gasteiger partial charge in [0.05, 0.1) is 26.4 Å². The van der Waals surface area contributed by atoms with Crippen molar-refractivity contribution in [1.29, 1.82) is 0 Å². The van der Waals surface area contributed by atoms with Gasteiger partial charge in [-0.05, 0) is 12.1 Å². The van der Waals surface area contributed by atoms with Crippen molar-refractivity contribution in [1.82, 2.24) is 5.32 Å². The molecule has 0 heterocycles. The summed E-state index contributed by atoms with van der Waals surface area (Å²) in [5.74, 6) is -1.37. The number of ether oxygens (including phenoxy) is 1. The fourth-order valence-electron chi connectivity index (χ4n) is 1.30. The Labute approximate surface area is 97.8 Å². The van der Waals surface area contributed by atoms with E-state index in [2.05, 4.69) is 5.32 Å².